The molecule has 0 bridgehead atoms. The molecule has 0 radical (unpaired) electrons. The van der Waals surface area contributed by atoms with Crippen LogP contribution in [0.25, 0.3) is 0 Å². The molecule has 0 saturated carbocycles. The predicted molar refractivity (Wildman–Crippen MR) is 134 cm³/mol. The summed E-state index contributed by atoms with van der Waals surface area (Å²) < 4.78 is 8.84. The summed E-state index contributed by atoms with van der Waals surface area (Å²) >= 11 is 2.85. The van der Waals surface area contributed by atoms with Crippen LogP contribution in [0.2, 0.25) is 0 Å². The first-order valence-corrected chi connectivity index (χ1v) is 12.1. The maximum atomic E-state index is 12.7. The van der Waals surface area contributed by atoms with Crippen LogP contribution in [0.1, 0.15) is 59.4 Å². The number of thiophene rings is 1. The molecular weight excluding hydrogens is 442 g/mol. The molecule has 3 rings (SSSR count). The van der Waals surface area contributed by atoms with E-state index in [2.05, 4.69) is 59.2 Å². The molecule has 2 aromatic heterocycles. The highest BCUT2D eigenvalue weighted by Gasteiger charge is 2.29. The zero-order valence-corrected chi connectivity index (χ0v) is 21.2. The van der Waals surface area contributed by atoms with Gasteiger partial charge in [0, 0.05) is 23.8 Å². The van der Waals surface area contributed by atoms with Crippen molar-refractivity contribution in [3.63, 3.8) is 0 Å². The third-order valence-electron chi connectivity index (χ3n) is 5.20. The molecule has 0 aliphatic rings. The second kappa shape index (κ2) is 9.46. The van der Waals surface area contributed by atoms with Crippen molar-refractivity contribution < 1.29 is 9.90 Å². The van der Waals surface area contributed by atoms with Gasteiger partial charge in [-0.3, -0.25) is 4.79 Å². The van der Waals surface area contributed by atoms with Crippen molar-refractivity contribution in [3.05, 3.63) is 45.1 Å². The molecule has 3 N–H and O–H groups in total. The maximum Gasteiger partial charge on any atom is 0.257 e. The largest absolute Gasteiger partial charge is 0.505 e. The normalized spacial score (nSPS) is 12.5. The molecule has 7 nitrogen and oxygen atoms in total. The van der Waals surface area contributed by atoms with E-state index in [9.17, 15) is 9.90 Å². The number of carbonyl (C=O) groups excluding carboxylic acids is 1. The van der Waals surface area contributed by atoms with E-state index in [4.69, 9.17) is 0 Å². The minimum Gasteiger partial charge on any atom is -0.505 e. The SMILES string of the molecule is CCc1ccc(Nc2nsnc2N[C@@H](c2ccc(C)s2)C(C)(C)C)c(O)c1C(=O)N(C)C. The van der Waals surface area contributed by atoms with Crippen LogP contribution >= 0.6 is 23.1 Å². The van der Waals surface area contributed by atoms with Crippen LogP contribution in [-0.2, 0) is 6.42 Å². The molecular formula is C23H31N5O2S2. The average Bonchev–Trinajstić information content (AvgIpc) is 3.34. The lowest BCUT2D eigenvalue weighted by Gasteiger charge is -2.31. The van der Waals surface area contributed by atoms with E-state index in [1.807, 2.05) is 13.0 Å². The number of nitrogens with one attached hydrogen (secondary N) is 2. The molecule has 2 heterocycles. The summed E-state index contributed by atoms with van der Waals surface area (Å²) in [6.07, 6.45) is 0.640. The highest BCUT2D eigenvalue weighted by atomic mass is 32.1. The first-order chi connectivity index (χ1) is 15.0. The Hall–Kier alpha value is -2.65. The van der Waals surface area contributed by atoms with E-state index in [0.29, 0.717) is 29.3 Å². The Labute approximate surface area is 197 Å². The smallest absolute Gasteiger partial charge is 0.257 e. The second-order valence-corrected chi connectivity index (χ2v) is 10.9. The van der Waals surface area contributed by atoms with E-state index in [-0.39, 0.29) is 23.1 Å². The number of amides is 1. The van der Waals surface area contributed by atoms with Gasteiger partial charge < -0.3 is 20.6 Å². The van der Waals surface area contributed by atoms with E-state index < -0.39 is 0 Å². The first kappa shape index (κ1) is 24.0. The molecule has 1 amide bonds. The van der Waals surface area contributed by atoms with Gasteiger partial charge >= 0.3 is 0 Å². The summed E-state index contributed by atoms with van der Waals surface area (Å²) in [7, 11) is 3.35. The number of hydrogen-bond donors (Lipinski definition) is 3. The van der Waals surface area contributed by atoms with E-state index in [1.54, 1.807) is 31.5 Å². The van der Waals surface area contributed by atoms with Crippen molar-refractivity contribution in [2.24, 2.45) is 5.41 Å². The number of aromatic nitrogens is 2. The van der Waals surface area contributed by atoms with Crippen LogP contribution in [0.3, 0.4) is 0 Å². The monoisotopic (exact) mass is 473 g/mol. The molecule has 0 fully saturated rings. The Morgan fingerprint density at radius 1 is 1.16 bits per heavy atom. The number of nitrogens with zero attached hydrogens (tertiary/aromatic N) is 3. The summed E-state index contributed by atoms with van der Waals surface area (Å²) in [5.74, 6) is 0.808. The third-order valence-corrected chi connectivity index (χ3v) is 6.79. The Balaban J connectivity index is 1.94. The van der Waals surface area contributed by atoms with Gasteiger partial charge in [0.15, 0.2) is 17.4 Å². The molecule has 0 aliphatic heterocycles. The molecule has 0 unspecified atom stereocenters. The van der Waals surface area contributed by atoms with E-state index in [0.717, 1.165) is 17.3 Å². The van der Waals surface area contributed by atoms with Gasteiger partial charge in [0.05, 0.1) is 29.0 Å². The van der Waals surface area contributed by atoms with Crippen LogP contribution in [0, 0.1) is 12.3 Å². The number of rotatable bonds is 7. The van der Waals surface area contributed by atoms with Crippen molar-refractivity contribution in [1.82, 2.24) is 13.6 Å². The summed E-state index contributed by atoms with van der Waals surface area (Å²) in [5, 5.41) is 17.6. The quantitative estimate of drug-likeness (QED) is 0.375. The predicted octanol–water partition coefficient (Wildman–Crippen LogP) is 5.82. The van der Waals surface area contributed by atoms with Crippen molar-refractivity contribution >= 4 is 46.3 Å². The Kier molecular flexibility index (Phi) is 7.09. The molecule has 1 atom stereocenters. The zero-order chi connectivity index (χ0) is 23.6. The molecule has 0 spiro atoms. The van der Waals surface area contributed by atoms with Gasteiger partial charge in [-0.05, 0) is 42.5 Å². The fraction of sp³-hybridized carbons (Fsp3) is 0.435. The topological polar surface area (TPSA) is 90.4 Å². The van der Waals surface area contributed by atoms with E-state index in [1.165, 1.54) is 14.7 Å². The van der Waals surface area contributed by atoms with Gasteiger partial charge in [0.2, 0.25) is 0 Å². The average molecular weight is 474 g/mol. The maximum absolute atomic E-state index is 12.7. The summed E-state index contributed by atoms with van der Waals surface area (Å²) in [6, 6.07) is 7.93. The van der Waals surface area contributed by atoms with Crippen LogP contribution in [0.15, 0.2) is 24.3 Å². The summed E-state index contributed by atoms with van der Waals surface area (Å²) in [4.78, 5) is 16.6. The van der Waals surface area contributed by atoms with Crippen molar-refractivity contribution in [2.75, 3.05) is 24.7 Å². The lowest BCUT2D eigenvalue weighted by atomic mass is 9.86. The number of anilines is 3. The van der Waals surface area contributed by atoms with Crippen LogP contribution in [0.4, 0.5) is 17.3 Å². The van der Waals surface area contributed by atoms with Gasteiger partial charge in [-0.25, -0.2) is 0 Å². The summed E-state index contributed by atoms with van der Waals surface area (Å²) in [6.45, 7) is 10.6. The Bertz CT molecular complexity index is 1100. The molecule has 0 aliphatic carbocycles. The van der Waals surface area contributed by atoms with Crippen molar-refractivity contribution in [1.29, 1.82) is 0 Å². The number of hydrogen-bond acceptors (Lipinski definition) is 8. The molecule has 32 heavy (non-hydrogen) atoms. The van der Waals surface area contributed by atoms with Crippen LogP contribution < -0.4 is 10.6 Å². The first-order valence-electron chi connectivity index (χ1n) is 10.5. The van der Waals surface area contributed by atoms with E-state index >= 15 is 0 Å². The number of aryl methyl sites for hydroxylation is 2. The van der Waals surface area contributed by atoms with Crippen molar-refractivity contribution in [2.45, 2.75) is 47.1 Å². The number of benzene rings is 1. The van der Waals surface area contributed by atoms with Crippen molar-refractivity contribution in [3.8, 4) is 5.75 Å². The molecule has 3 aromatic rings. The number of aromatic hydroxyl groups is 1. The minimum atomic E-state index is -0.237. The lowest BCUT2D eigenvalue weighted by molar-refractivity contribution is 0.0823. The highest BCUT2D eigenvalue weighted by Crippen LogP contribution is 2.41. The molecule has 172 valence electrons. The van der Waals surface area contributed by atoms with Gasteiger partial charge in [-0.15, -0.1) is 11.3 Å². The molecule has 0 saturated heterocycles. The van der Waals surface area contributed by atoms with Gasteiger partial charge in [-0.2, -0.15) is 8.75 Å². The van der Waals surface area contributed by atoms with Crippen LogP contribution in [-0.4, -0.2) is 38.8 Å². The molecule has 1 aromatic carbocycles. The lowest BCUT2D eigenvalue weighted by Crippen LogP contribution is -2.25. The Morgan fingerprint density at radius 2 is 1.84 bits per heavy atom. The molecule has 9 heteroatoms. The van der Waals surface area contributed by atoms with Gasteiger partial charge in [0.25, 0.3) is 5.91 Å². The minimum absolute atomic E-state index is 0.0348. The third kappa shape index (κ3) is 5.05. The van der Waals surface area contributed by atoms with Gasteiger partial charge in [0.1, 0.15) is 0 Å². The zero-order valence-electron chi connectivity index (χ0n) is 19.6. The summed E-state index contributed by atoms with van der Waals surface area (Å²) in [5.41, 5.74) is 1.46. The number of phenols is 1. The number of carbonyl (C=O) groups is 1. The fourth-order valence-corrected chi connectivity index (χ4v) is 5.09. The second-order valence-electron chi connectivity index (χ2n) is 9.03. The Morgan fingerprint density at radius 3 is 2.41 bits per heavy atom. The van der Waals surface area contributed by atoms with Crippen LogP contribution in [0.5, 0.6) is 5.75 Å². The number of phenolic OH excluding ortho intramolecular Hbond substituents is 1. The standard InChI is InChI=1S/C23H31N5O2S2/c1-8-14-10-11-15(18(29)17(14)22(30)28(6)7)24-20-21(27-32-26-20)25-19(23(3,4)5)16-12-9-13(2)31-16/h9-12,19,29H,8H2,1-7H3,(H,24,26)(H,25,27)/t19-/m0/s1. The fourth-order valence-electron chi connectivity index (χ4n) is 3.44. The highest BCUT2D eigenvalue weighted by molar-refractivity contribution is 7.12. The van der Waals surface area contributed by atoms with Gasteiger partial charge in [-0.1, -0.05) is 33.8 Å².